The van der Waals surface area contributed by atoms with Crippen LogP contribution in [0.5, 0.6) is 0 Å². The summed E-state index contributed by atoms with van der Waals surface area (Å²) < 4.78 is 27.0. The van der Waals surface area contributed by atoms with Gasteiger partial charge in [-0.2, -0.15) is 0 Å². The SMILES string of the molecule is Cc1ccc(S(=O)(=O)NC2CC2)cc1C(=O)NC(C)CC(=O)O. The molecule has 1 fully saturated rings. The van der Waals surface area contributed by atoms with Crippen LogP contribution in [0, 0.1) is 6.92 Å². The molecule has 1 atom stereocenters. The molecule has 0 aromatic heterocycles. The van der Waals surface area contributed by atoms with Gasteiger partial charge in [0.1, 0.15) is 0 Å². The van der Waals surface area contributed by atoms with Crippen molar-refractivity contribution in [2.45, 2.75) is 50.1 Å². The fourth-order valence-corrected chi connectivity index (χ4v) is 3.45. The Labute approximate surface area is 135 Å². The van der Waals surface area contributed by atoms with E-state index in [2.05, 4.69) is 10.0 Å². The lowest BCUT2D eigenvalue weighted by Gasteiger charge is -2.14. The summed E-state index contributed by atoms with van der Waals surface area (Å²) in [5.74, 6) is -1.50. The largest absolute Gasteiger partial charge is 0.481 e. The molecule has 126 valence electrons. The highest BCUT2D eigenvalue weighted by atomic mass is 32.2. The molecule has 1 unspecified atom stereocenters. The molecular weight excluding hydrogens is 320 g/mol. The molecule has 0 aliphatic heterocycles. The number of carbonyl (C=O) groups excluding carboxylic acids is 1. The predicted octanol–water partition coefficient (Wildman–Crippen LogP) is 1.03. The van der Waals surface area contributed by atoms with Crippen LogP contribution in [-0.4, -0.2) is 37.5 Å². The number of rotatable bonds is 7. The first-order valence-electron chi connectivity index (χ1n) is 7.34. The fourth-order valence-electron chi connectivity index (χ4n) is 2.12. The molecule has 1 aromatic rings. The summed E-state index contributed by atoms with van der Waals surface area (Å²) >= 11 is 0. The zero-order chi connectivity index (χ0) is 17.2. The smallest absolute Gasteiger partial charge is 0.305 e. The van der Waals surface area contributed by atoms with E-state index in [-0.39, 0.29) is 22.9 Å². The third-order valence-corrected chi connectivity index (χ3v) is 5.04. The first-order chi connectivity index (χ1) is 10.7. The van der Waals surface area contributed by atoms with Gasteiger partial charge in [0, 0.05) is 17.6 Å². The Morgan fingerprint density at radius 1 is 1.35 bits per heavy atom. The minimum Gasteiger partial charge on any atom is -0.481 e. The van der Waals surface area contributed by atoms with Crippen LogP contribution in [0.15, 0.2) is 23.1 Å². The van der Waals surface area contributed by atoms with Gasteiger partial charge in [0.2, 0.25) is 10.0 Å². The van der Waals surface area contributed by atoms with Gasteiger partial charge in [0.15, 0.2) is 0 Å². The van der Waals surface area contributed by atoms with Crippen molar-refractivity contribution in [3.8, 4) is 0 Å². The van der Waals surface area contributed by atoms with Gasteiger partial charge in [-0.05, 0) is 44.4 Å². The number of hydrogen-bond donors (Lipinski definition) is 3. The summed E-state index contributed by atoms with van der Waals surface area (Å²) in [7, 11) is -3.64. The van der Waals surface area contributed by atoms with Gasteiger partial charge in [-0.1, -0.05) is 6.07 Å². The van der Waals surface area contributed by atoms with Gasteiger partial charge in [-0.25, -0.2) is 13.1 Å². The molecule has 0 heterocycles. The molecule has 0 spiro atoms. The number of aliphatic carboxylic acids is 1. The maximum absolute atomic E-state index is 12.3. The summed E-state index contributed by atoms with van der Waals surface area (Å²) in [6, 6.07) is 3.77. The summed E-state index contributed by atoms with van der Waals surface area (Å²) in [4.78, 5) is 22.9. The maximum Gasteiger partial charge on any atom is 0.305 e. The van der Waals surface area contributed by atoms with Gasteiger partial charge in [-0.15, -0.1) is 0 Å². The molecule has 0 saturated heterocycles. The lowest BCUT2D eigenvalue weighted by molar-refractivity contribution is -0.137. The van der Waals surface area contributed by atoms with Gasteiger partial charge in [0.25, 0.3) is 5.91 Å². The van der Waals surface area contributed by atoms with E-state index in [1.165, 1.54) is 12.1 Å². The minimum atomic E-state index is -3.64. The van der Waals surface area contributed by atoms with E-state index in [1.807, 2.05) is 0 Å². The van der Waals surface area contributed by atoms with Crippen LogP contribution in [0.1, 0.15) is 42.1 Å². The van der Waals surface area contributed by atoms with Gasteiger partial charge >= 0.3 is 5.97 Å². The van der Waals surface area contributed by atoms with E-state index in [1.54, 1.807) is 19.9 Å². The van der Waals surface area contributed by atoms with Crippen LogP contribution in [0.4, 0.5) is 0 Å². The zero-order valence-electron chi connectivity index (χ0n) is 13.0. The number of nitrogens with one attached hydrogen (secondary N) is 2. The predicted molar refractivity (Wildman–Crippen MR) is 83.7 cm³/mol. The Bertz CT molecular complexity index is 725. The Kier molecular flexibility index (Phi) is 5.06. The van der Waals surface area contributed by atoms with Crippen molar-refractivity contribution in [3.63, 3.8) is 0 Å². The Balaban J connectivity index is 2.19. The topological polar surface area (TPSA) is 113 Å². The maximum atomic E-state index is 12.3. The van der Waals surface area contributed by atoms with Crippen LogP contribution in [0.2, 0.25) is 0 Å². The molecule has 1 aliphatic rings. The van der Waals surface area contributed by atoms with E-state index >= 15 is 0 Å². The third kappa shape index (κ3) is 4.77. The molecule has 3 N–H and O–H groups in total. The van der Waals surface area contributed by atoms with Gasteiger partial charge in [-0.3, -0.25) is 9.59 Å². The first-order valence-corrected chi connectivity index (χ1v) is 8.83. The average molecular weight is 340 g/mol. The van der Waals surface area contributed by atoms with Crippen LogP contribution >= 0.6 is 0 Å². The fraction of sp³-hybridized carbons (Fsp3) is 0.467. The van der Waals surface area contributed by atoms with Gasteiger partial charge < -0.3 is 10.4 Å². The van der Waals surface area contributed by atoms with Crippen LogP contribution in [-0.2, 0) is 14.8 Å². The quantitative estimate of drug-likeness (QED) is 0.686. The minimum absolute atomic E-state index is 0.0193. The highest BCUT2D eigenvalue weighted by Crippen LogP contribution is 2.23. The normalized spacial score (nSPS) is 15.9. The number of hydrogen-bond acceptors (Lipinski definition) is 4. The van der Waals surface area contributed by atoms with Crippen molar-refractivity contribution in [2.75, 3.05) is 0 Å². The highest BCUT2D eigenvalue weighted by molar-refractivity contribution is 7.89. The summed E-state index contributed by atoms with van der Waals surface area (Å²) in [5.41, 5.74) is 0.844. The van der Waals surface area contributed by atoms with E-state index in [4.69, 9.17) is 5.11 Å². The number of carbonyl (C=O) groups is 2. The first kappa shape index (κ1) is 17.4. The third-order valence-electron chi connectivity index (χ3n) is 3.52. The second-order valence-electron chi connectivity index (χ2n) is 5.84. The summed E-state index contributed by atoms with van der Waals surface area (Å²) in [6.07, 6.45) is 1.45. The molecule has 0 radical (unpaired) electrons. The van der Waals surface area contributed by atoms with E-state index in [9.17, 15) is 18.0 Å². The van der Waals surface area contributed by atoms with Crippen LogP contribution < -0.4 is 10.0 Å². The number of sulfonamides is 1. The number of amides is 1. The van der Waals surface area contributed by atoms with Gasteiger partial charge in [0.05, 0.1) is 11.3 Å². The van der Waals surface area contributed by atoms with Crippen molar-refractivity contribution >= 4 is 21.9 Å². The van der Waals surface area contributed by atoms with Crippen molar-refractivity contribution in [1.82, 2.24) is 10.0 Å². The average Bonchev–Trinajstić information content (AvgIpc) is 3.20. The standard InChI is InChI=1S/C15H20N2O5S/c1-9-3-6-12(23(21,22)17-11-4-5-11)8-13(9)15(20)16-10(2)7-14(18)19/h3,6,8,10-11,17H,4-5,7H2,1-2H3,(H,16,20)(H,18,19). The van der Waals surface area contributed by atoms with Crippen molar-refractivity contribution in [3.05, 3.63) is 29.3 Å². The number of carboxylic acid groups (broad SMARTS) is 1. The number of aryl methyl sites for hydroxylation is 1. The Hall–Kier alpha value is -1.93. The molecule has 8 heteroatoms. The lowest BCUT2D eigenvalue weighted by atomic mass is 10.1. The molecule has 1 amide bonds. The van der Waals surface area contributed by atoms with E-state index in [0.717, 1.165) is 12.8 Å². The molecular formula is C15H20N2O5S. The Morgan fingerprint density at radius 2 is 2.00 bits per heavy atom. The number of benzene rings is 1. The number of carboxylic acids is 1. The second-order valence-corrected chi connectivity index (χ2v) is 7.56. The summed E-state index contributed by atoms with van der Waals surface area (Å²) in [5, 5.41) is 11.3. The molecule has 2 rings (SSSR count). The molecule has 1 saturated carbocycles. The Morgan fingerprint density at radius 3 is 2.57 bits per heavy atom. The van der Waals surface area contributed by atoms with Crippen molar-refractivity contribution in [2.24, 2.45) is 0 Å². The van der Waals surface area contributed by atoms with Crippen LogP contribution in [0.3, 0.4) is 0 Å². The molecule has 23 heavy (non-hydrogen) atoms. The molecule has 0 bridgehead atoms. The molecule has 7 nitrogen and oxygen atoms in total. The highest BCUT2D eigenvalue weighted by Gasteiger charge is 2.28. The molecule has 1 aliphatic carbocycles. The summed E-state index contributed by atoms with van der Waals surface area (Å²) in [6.45, 7) is 3.28. The van der Waals surface area contributed by atoms with Crippen LogP contribution in [0.25, 0.3) is 0 Å². The lowest BCUT2D eigenvalue weighted by Crippen LogP contribution is -2.34. The van der Waals surface area contributed by atoms with E-state index < -0.39 is 27.9 Å². The second kappa shape index (κ2) is 6.67. The van der Waals surface area contributed by atoms with Crippen molar-refractivity contribution < 1.29 is 23.1 Å². The molecule has 1 aromatic carbocycles. The zero-order valence-corrected chi connectivity index (χ0v) is 13.8. The van der Waals surface area contributed by atoms with E-state index in [0.29, 0.717) is 5.56 Å². The monoisotopic (exact) mass is 340 g/mol. The van der Waals surface area contributed by atoms with Crippen molar-refractivity contribution in [1.29, 1.82) is 0 Å².